The molecule has 0 spiro atoms. The highest BCUT2D eigenvalue weighted by molar-refractivity contribution is 6.03. The molecular formula is C37H43F7N6O3. The molecule has 0 radical (unpaired) electrons. The molecule has 2 aromatic carbocycles. The average molecular weight is 753 g/mol. The number of carbonyl (C=O) groups is 3. The normalized spacial score (nSPS) is 17.6. The number of benzene rings is 2. The van der Waals surface area contributed by atoms with E-state index in [-0.39, 0.29) is 29.6 Å². The van der Waals surface area contributed by atoms with E-state index in [1.165, 1.54) is 52.2 Å². The lowest BCUT2D eigenvalue weighted by Gasteiger charge is -2.32. The summed E-state index contributed by atoms with van der Waals surface area (Å²) in [5.41, 5.74) is -3.65. The lowest BCUT2D eigenvalue weighted by molar-refractivity contribution is -0.143. The number of hydrogen-bond acceptors (Lipinski definition) is 6. The number of nitrogens with one attached hydrogen (secondary N) is 3. The number of likely N-dealkylation sites (N-methyl/N-ethyl adjacent to an activating group) is 1. The second kappa shape index (κ2) is 16.1. The summed E-state index contributed by atoms with van der Waals surface area (Å²) in [6.45, 7) is 10.1. The summed E-state index contributed by atoms with van der Waals surface area (Å²) in [4.78, 5) is 43.5. The SMILES string of the molecule is CC(=O)N[C@H]1CCN(c2cc(-c3ccc(F)cc3C)c(N(C)C(=O)C(C)(C)c3cc(C(F)(F)F)cc(C(F)(F)F)c3)cn2)C1.CC(=O)N[C@H]1CCNC1. The lowest BCUT2D eigenvalue weighted by Crippen LogP contribution is -2.42. The van der Waals surface area contributed by atoms with Gasteiger partial charge in [0.2, 0.25) is 17.7 Å². The van der Waals surface area contributed by atoms with Crippen molar-refractivity contribution < 1.29 is 45.1 Å². The van der Waals surface area contributed by atoms with Crippen LogP contribution in [-0.2, 0) is 32.2 Å². The van der Waals surface area contributed by atoms with Gasteiger partial charge in [-0.3, -0.25) is 14.4 Å². The fourth-order valence-electron chi connectivity index (χ4n) is 6.43. The van der Waals surface area contributed by atoms with Gasteiger partial charge in [0, 0.05) is 58.2 Å². The van der Waals surface area contributed by atoms with Crippen molar-refractivity contribution in [1.29, 1.82) is 0 Å². The van der Waals surface area contributed by atoms with E-state index in [2.05, 4.69) is 20.9 Å². The van der Waals surface area contributed by atoms with Gasteiger partial charge >= 0.3 is 12.4 Å². The molecule has 0 bridgehead atoms. The van der Waals surface area contributed by atoms with Crippen LogP contribution in [0, 0.1) is 12.7 Å². The third-order valence-electron chi connectivity index (χ3n) is 9.24. The summed E-state index contributed by atoms with van der Waals surface area (Å²) in [6, 6.07) is 7.12. The number of carbonyl (C=O) groups excluding carboxylic acids is 3. The molecule has 2 atom stereocenters. The molecule has 2 fully saturated rings. The maximum absolute atomic E-state index is 14.0. The summed E-state index contributed by atoms with van der Waals surface area (Å²) in [6.07, 6.45) is -7.04. The maximum Gasteiger partial charge on any atom is 0.416 e. The minimum Gasteiger partial charge on any atom is -0.354 e. The average Bonchev–Trinajstić information content (AvgIpc) is 3.75. The Morgan fingerprint density at radius 1 is 0.849 bits per heavy atom. The van der Waals surface area contributed by atoms with Crippen LogP contribution in [0.4, 0.5) is 42.2 Å². The van der Waals surface area contributed by atoms with Crippen molar-refractivity contribution in [2.75, 3.05) is 43.0 Å². The van der Waals surface area contributed by atoms with E-state index >= 15 is 0 Å². The fourth-order valence-corrected chi connectivity index (χ4v) is 6.43. The molecule has 0 saturated carbocycles. The zero-order valence-electron chi connectivity index (χ0n) is 30.2. The van der Waals surface area contributed by atoms with Gasteiger partial charge in [0.1, 0.15) is 11.6 Å². The number of amides is 3. The molecule has 53 heavy (non-hydrogen) atoms. The Morgan fingerprint density at radius 3 is 1.96 bits per heavy atom. The van der Waals surface area contributed by atoms with Crippen LogP contribution in [0.5, 0.6) is 0 Å². The molecule has 3 amide bonds. The number of halogens is 7. The number of rotatable bonds is 7. The standard InChI is InChI=1S/C31H31F7N4O2.C6H12N2O/c1-17-10-22(32)6-7-24(17)25-14-27(42-9-8-23(16-42)40-18(2)43)39-15-26(25)41(5)28(44)29(3,4)19-11-20(30(33,34)35)13-21(12-19)31(36,37)38;1-5(9)8-6-2-3-7-4-6/h6-7,10-15,23H,8-9,16H2,1-5H3,(H,40,43);6-7H,2-4H2,1H3,(H,8,9)/t23-;6-/m00/s1. The first-order valence-electron chi connectivity index (χ1n) is 16.9. The minimum atomic E-state index is -5.08. The predicted octanol–water partition coefficient (Wildman–Crippen LogP) is 6.37. The van der Waals surface area contributed by atoms with E-state index in [9.17, 15) is 45.1 Å². The number of nitrogens with zero attached hydrogens (tertiary/aromatic N) is 3. The van der Waals surface area contributed by atoms with Crippen molar-refractivity contribution in [1.82, 2.24) is 20.9 Å². The molecular weight excluding hydrogens is 709 g/mol. The summed E-state index contributed by atoms with van der Waals surface area (Å²) in [5.74, 6) is -0.881. The Kier molecular flexibility index (Phi) is 12.5. The predicted molar refractivity (Wildman–Crippen MR) is 187 cm³/mol. The summed E-state index contributed by atoms with van der Waals surface area (Å²) in [5, 5.41) is 8.87. The van der Waals surface area contributed by atoms with Crippen LogP contribution in [0.1, 0.15) is 62.8 Å². The van der Waals surface area contributed by atoms with E-state index in [4.69, 9.17) is 0 Å². The summed E-state index contributed by atoms with van der Waals surface area (Å²) in [7, 11) is 1.35. The van der Waals surface area contributed by atoms with Crippen LogP contribution in [0.2, 0.25) is 0 Å². The molecule has 3 aromatic rings. The van der Waals surface area contributed by atoms with Gasteiger partial charge in [0.05, 0.1) is 28.4 Å². The van der Waals surface area contributed by atoms with Crippen molar-refractivity contribution >= 4 is 29.2 Å². The summed E-state index contributed by atoms with van der Waals surface area (Å²) >= 11 is 0. The highest BCUT2D eigenvalue weighted by Gasteiger charge is 2.41. The monoisotopic (exact) mass is 752 g/mol. The van der Waals surface area contributed by atoms with Gasteiger partial charge in [-0.05, 0) is 93.2 Å². The van der Waals surface area contributed by atoms with Gasteiger partial charge in [0.15, 0.2) is 0 Å². The first kappa shape index (κ1) is 41.0. The van der Waals surface area contributed by atoms with E-state index in [0.29, 0.717) is 60.2 Å². The lowest BCUT2D eigenvalue weighted by atomic mass is 9.81. The highest BCUT2D eigenvalue weighted by Crippen LogP contribution is 2.41. The minimum absolute atomic E-state index is 0.0146. The van der Waals surface area contributed by atoms with Crippen LogP contribution in [0.3, 0.4) is 0 Å². The first-order chi connectivity index (χ1) is 24.6. The van der Waals surface area contributed by atoms with Crippen LogP contribution >= 0.6 is 0 Å². The smallest absolute Gasteiger partial charge is 0.354 e. The van der Waals surface area contributed by atoms with Gasteiger partial charge in [-0.2, -0.15) is 26.3 Å². The van der Waals surface area contributed by atoms with E-state index in [1.54, 1.807) is 19.9 Å². The van der Waals surface area contributed by atoms with E-state index in [0.717, 1.165) is 24.4 Å². The number of alkyl halides is 6. The van der Waals surface area contributed by atoms with Gasteiger partial charge < -0.3 is 25.8 Å². The van der Waals surface area contributed by atoms with Crippen LogP contribution in [0.15, 0.2) is 48.7 Å². The van der Waals surface area contributed by atoms with Crippen LogP contribution in [0.25, 0.3) is 11.1 Å². The first-order valence-corrected chi connectivity index (χ1v) is 16.9. The molecule has 3 N–H and O–H groups in total. The number of aryl methyl sites for hydroxylation is 1. The Morgan fingerprint density at radius 2 is 1.43 bits per heavy atom. The van der Waals surface area contributed by atoms with Crippen molar-refractivity contribution in [2.45, 2.75) is 77.3 Å². The molecule has 0 aliphatic carbocycles. The van der Waals surface area contributed by atoms with Crippen molar-refractivity contribution in [3.05, 3.63) is 76.7 Å². The topological polar surface area (TPSA) is 107 Å². The number of pyridine rings is 1. The summed E-state index contributed by atoms with van der Waals surface area (Å²) < 4.78 is 95.5. The largest absolute Gasteiger partial charge is 0.416 e. The van der Waals surface area contributed by atoms with Gasteiger partial charge in [-0.15, -0.1) is 0 Å². The second-order valence-electron chi connectivity index (χ2n) is 13.8. The van der Waals surface area contributed by atoms with Crippen molar-refractivity contribution in [3.8, 4) is 11.1 Å². The zero-order valence-corrected chi connectivity index (χ0v) is 30.2. The molecule has 3 heterocycles. The Balaban J connectivity index is 0.000000608. The number of anilines is 2. The van der Waals surface area contributed by atoms with Crippen LogP contribution in [-0.4, -0.2) is 68.0 Å². The maximum atomic E-state index is 14.0. The number of hydrogen-bond donors (Lipinski definition) is 3. The third kappa shape index (κ3) is 10.2. The molecule has 288 valence electrons. The molecule has 2 saturated heterocycles. The fraction of sp³-hybridized carbons (Fsp3) is 0.459. The molecule has 9 nitrogen and oxygen atoms in total. The molecule has 5 rings (SSSR count). The van der Waals surface area contributed by atoms with Gasteiger partial charge in [0.25, 0.3) is 0 Å². The molecule has 0 unspecified atom stereocenters. The molecule has 2 aliphatic rings. The quantitative estimate of drug-likeness (QED) is 0.242. The Labute approximate surface area is 303 Å². The molecule has 16 heteroatoms. The second-order valence-corrected chi connectivity index (χ2v) is 13.8. The van der Waals surface area contributed by atoms with Gasteiger partial charge in [-0.1, -0.05) is 6.07 Å². The third-order valence-corrected chi connectivity index (χ3v) is 9.24. The van der Waals surface area contributed by atoms with E-state index < -0.39 is 46.2 Å². The molecule has 2 aliphatic heterocycles. The van der Waals surface area contributed by atoms with Gasteiger partial charge in [-0.25, -0.2) is 9.37 Å². The molecule has 1 aromatic heterocycles. The highest BCUT2D eigenvalue weighted by atomic mass is 19.4. The van der Waals surface area contributed by atoms with Crippen molar-refractivity contribution in [3.63, 3.8) is 0 Å². The zero-order chi connectivity index (χ0) is 39.5. The van der Waals surface area contributed by atoms with Crippen LogP contribution < -0.4 is 25.8 Å². The van der Waals surface area contributed by atoms with Crippen molar-refractivity contribution in [2.24, 2.45) is 0 Å². The Hall–Kier alpha value is -4.73. The number of aromatic nitrogens is 1. The Bertz CT molecular complexity index is 1790. The van der Waals surface area contributed by atoms with E-state index in [1.807, 2.05) is 4.90 Å².